The van der Waals surface area contributed by atoms with Crippen molar-refractivity contribution in [3.8, 4) is 28.4 Å². The molecule has 0 amide bonds. The van der Waals surface area contributed by atoms with Crippen LogP contribution in [0.3, 0.4) is 0 Å². The number of halogens is 1. The second-order valence-corrected chi connectivity index (χ2v) is 5.89. The Morgan fingerprint density at radius 2 is 1.82 bits per heavy atom. The number of pyridine rings is 2. The summed E-state index contributed by atoms with van der Waals surface area (Å²) in [6, 6.07) is 15.6. The topological polar surface area (TPSA) is 72.8 Å². The number of ether oxygens (including phenoxy) is 1. The lowest BCUT2D eigenvalue weighted by Gasteiger charge is -2.11. The molecule has 0 aliphatic heterocycles. The van der Waals surface area contributed by atoms with Crippen molar-refractivity contribution in [1.82, 2.24) is 19.9 Å². The quantitative estimate of drug-likeness (QED) is 0.556. The fourth-order valence-corrected chi connectivity index (χ4v) is 2.66. The number of aromatic nitrogens is 4. The molecule has 4 aromatic rings. The molecule has 4 rings (SSSR count). The summed E-state index contributed by atoms with van der Waals surface area (Å²) in [5, 5.41) is 3.13. The van der Waals surface area contributed by atoms with Crippen molar-refractivity contribution in [2.24, 2.45) is 0 Å². The van der Waals surface area contributed by atoms with E-state index in [1.807, 2.05) is 30.3 Å². The van der Waals surface area contributed by atoms with Gasteiger partial charge in [-0.05, 0) is 42.0 Å². The van der Waals surface area contributed by atoms with Crippen molar-refractivity contribution in [2.45, 2.75) is 0 Å². The number of anilines is 2. The van der Waals surface area contributed by atoms with Crippen LogP contribution in [-0.2, 0) is 0 Å². The van der Waals surface area contributed by atoms with Crippen LogP contribution < -0.4 is 10.1 Å². The third-order valence-corrected chi connectivity index (χ3v) is 4.04. The van der Waals surface area contributed by atoms with Crippen LogP contribution in [0.2, 0.25) is 0 Å². The second kappa shape index (κ2) is 7.79. The summed E-state index contributed by atoms with van der Waals surface area (Å²) in [5.74, 6) is 1.72. The average Bonchev–Trinajstić information content (AvgIpc) is 2.75. The van der Waals surface area contributed by atoms with E-state index in [2.05, 4.69) is 25.3 Å². The zero-order valence-corrected chi connectivity index (χ0v) is 15.0. The van der Waals surface area contributed by atoms with Crippen LogP contribution in [0.25, 0.3) is 22.6 Å². The number of nitrogens with one attached hydrogen (secondary N) is 1. The van der Waals surface area contributed by atoms with Gasteiger partial charge in [-0.3, -0.25) is 4.98 Å². The third-order valence-electron chi connectivity index (χ3n) is 4.04. The maximum Gasteiger partial charge on any atom is 0.180 e. The lowest BCUT2D eigenvalue weighted by Crippen LogP contribution is -2.02. The van der Waals surface area contributed by atoms with E-state index in [9.17, 15) is 4.39 Å². The second-order valence-electron chi connectivity index (χ2n) is 5.89. The first-order valence-corrected chi connectivity index (χ1v) is 8.54. The van der Waals surface area contributed by atoms with E-state index in [1.54, 1.807) is 37.8 Å². The van der Waals surface area contributed by atoms with Gasteiger partial charge in [-0.1, -0.05) is 18.2 Å². The van der Waals surface area contributed by atoms with Crippen molar-refractivity contribution in [3.63, 3.8) is 0 Å². The van der Waals surface area contributed by atoms with Crippen molar-refractivity contribution in [3.05, 3.63) is 79.0 Å². The highest BCUT2D eigenvalue weighted by molar-refractivity contribution is 5.67. The minimum Gasteiger partial charge on any atom is -0.491 e. The van der Waals surface area contributed by atoms with Gasteiger partial charge in [-0.15, -0.1) is 0 Å². The molecule has 0 spiro atoms. The first-order chi connectivity index (χ1) is 13.7. The molecule has 7 heteroatoms. The van der Waals surface area contributed by atoms with E-state index in [-0.39, 0.29) is 5.82 Å². The fraction of sp³-hybridized carbons (Fsp3) is 0.0476. The normalized spacial score (nSPS) is 10.5. The van der Waals surface area contributed by atoms with Crippen LogP contribution in [0.1, 0.15) is 0 Å². The van der Waals surface area contributed by atoms with Gasteiger partial charge in [0.1, 0.15) is 17.3 Å². The Labute approximate surface area is 161 Å². The monoisotopic (exact) mass is 373 g/mol. The van der Waals surface area contributed by atoms with Crippen LogP contribution in [0.5, 0.6) is 5.75 Å². The molecule has 0 fully saturated rings. The summed E-state index contributed by atoms with van der Waals surface area (Å²) in [4.78, 5) is 17.4. The summed E-state index contributed by atoms with van der Waals surface area (Å²) in [6.07, 6.45) is 4.94. The summed E-state index contributed by atoms with van der Waals surface area (Å²) in [5.41, 5.74) is 2.23. The number of hydrogen-bond acceptors (Lipinski definition) is 6. The number of hydrogen-bond donors (Lipinski definition) is 1. The first kappa shape index (κ1) is 17.5. The SMILES string of the molecule is COc1cnc(-c2ccccn2)nc1Nc1ccc(-c2cccc(F)c2)cn1. The molecule has 6 nitrogen and oxygen atoms in total. The molecule has 0 aliphatic rings. The number of benzene rings is 1. The highest BCUT2D eigenvalue weighted by atomic mass is 19.1. The summed E-state index contributed by atoms with van der Waals surface area (Å²) in [7, 11) is 1.55. The van der Waals surface area contributed by atoms with E-state index >= 15 is 0 Å². The minimum atomic E-state index is -0.285. The summed E-state index contributed by atoms with van der Waals surface area (Å²) in [6.45, 7) is 0. The van der Waals surface area contributed by atoms with Gasteiger partial charge in [0, 0.05) is 18.0 Å². The van der Waals surface area contributed by atoms with Gasteiger partial charge >= 0.3 is 0 Å². The van der Waals surface area contributed by atoms with Crippen LogP contribution in [-0.4, -0.2) is 27.0 Å². The largest absolute Gasteiger partial charge is 0.491 e. The predicted molar refractivity (Wildman–Crippen MR) is 105 cm³/mol. The molecule has 1 N–H and O–H groups in total. The molecule has 0 saturated heterocycles. The number of methoxy groups -OCH3 is 1. The Kier molecular flexibility index (Phi) is 4.88. The fourth-order valence-electron chi connectivity index (χ4n) is 2.66. The number of rotatable bonds is 5. The van der Waals surface area contributed by atoms with Gasteiger partial charge in [0.05, 0.1) is 13.3 Å². The van der Waals surface area contributed by atoms with Gasteiger partial charge in [-0.25, -0.2) is 19.3 Å². The van der Waals surface area contributed by atoms with Gasteiger partial charge < -0.3 is 10.1 Å². The molecule has 0 radical (unpaired) electrons. The van der Waals surface area contributed by atoms with Crippen molar-refractivity contribution in [2.75, 3.05) is 12.4 Å². The van der Waals surface area contributed by atoms with E-state index < -0.39 is 0 Å². The molecule has 0 aliphatic carbocycles. The number of nitrogens with zero attached hydrogens (tertiary/aromatic N) is 4. The maximum absolute atomic E-state index is 13.4. The van der Waals surface area contributed by atoms with Crippen molar-refractivity contribution < 1.29 is 9.13 Å². The zero-order chi connectivity index (χ0) is 19.3. The van der Waals surface area contributed by atoms with Gasteiger partial charge in [0.25, 0.3) is 0 Å². The summed E-state index contributed by atoms with van der Waals surface area (Å²) < 4.78 is 18.8. The Hall–Kier alpha value is -3.87. The lowest BCUT2D eigenvalue weighted by molar-refractivity contribution is 0.413. The first-order valence-electron chi connectivity index (χ1n) is 8.54. The Bertz CT molecular complexity index is 1090. The molecular formula is C21H16FN5O. The van der Waals surface area contributed by atoms with Crippen molar-refractivity contribution in [1.29, 1.82) is 0 Å². The van der Waals surface area contributed by atoms with E-state index in [4.69, 9.17) is 4.74 Å². The predicted octanol–water partition coefficient (Wildman–Crippen LogP) is 4.49. The van der Waals surface area contributed by atoms with Crippen LogP contribution >= 0.6 is 0 Å². The molecule has 3 heterocycles. The standard InChI is InChI=1S/C21H16FN5O/c1-28-18-13-25-20(17-7-2-3-10-23-17)27-21(18)26-19-9-8-15(12-24-19)14-5-4-6-16(22)11-14/h2-13H,1H3,(H,24,25,26,27). The Balaban J connectivity index is 1.61. The summed E-state index contributed by atoms with van der Waals surface area (Å²) >= 11 is 0. The van der Waals surface area contributed by atoms with Gasteiger partial charge in [0.2, 0.25) is 0 Å². The van der Waals surface area contributed by atoms with Gasteiger partial charge in [-0.2, -0.15) is 0 Å². The van der Waals surface area contributed by atoms with E-state index in [1.165, 1.54) is 12.1 Å². The maximum atomic E-state index is 13.4. The highest BCUT2D eigenvalue weighted by Crippen LogP contribution is 2.27. The van der Waals surface area contributed by atoms with E-state index in [0.717, 1.165) is 11.1 Å². The van der Waals surface area contributed by atoms with Crippen LogP contribution in [0.4, 0.5) is 16.0 Å². The third kappa shape index (κ3) is 3.78. The molecule has 0 bridgehead atoms. The highest BCUT2D eigenvalue weighted by Gasteiger charge is 2.11. The van der Waals surface area contributed by atoms with Crippen LogP contribution in [0, 0.1) is 5.82 Å². The lowest BCUT2D eigenvalue weighted by atomic mass is 10.1. The molecule has 0 unspecified atom stereocenters. The Morgan fingerprint density at radius 1 is 0.893 bits per heavy atom. The van der Waals surface area contributed by atoms with E-state index in [0.29, 0.717) is 28.9 Å². The van der Waals surface area contributed by atoms with Gasteiger partial charge in [0.15, 0.2) is 17.4 Å². The minimum absolute atomic E-state index is 0.285. The Morgan fingerprint density at radius 3 is 2.54 bits per heavy atom. The van der Waals surface area contributed by atoms with Crippen LogP contribution in [0.15, 0.2) is 73.2 Å². The smallest absolute Gasteiger partial charge is 0.180 e. The zero-order valence-electron chi connectivity index (χ0n) is 15.0. The van der Waals surface area contributed by atoms with Crippen molar-refractivity contribution >= 4 is 11.6 Å². The molecule has 0 atom stereocenters. The molecule has 0 saturated carbocycles. The molecular weight excluding hydrogens is 357 g/mol. The molecule has 1 aromatic carbocycles. The molecule has 3 aromatic heterocycles. The average molecular weight is 373 g/mol. The molecule has 138 valence electrons. The molecule has 28 heavy (non-hydrogen) atoms.